The summed E-state index contributed by atoms with van der Waals surface area (Å²) in [5, 5.41) is 9.20. The van der Waals surface area contributed by atoms with Crippen molar-refractivity contribution in [1.29, 1.82) is 0 Å². The second kappa shape index (κ2) is 7.01. The fourth-order valence-corrected chi connectivity index (χ4v) is 1.73. The van der Waals surface area contributed by atoms with Gasteiger partial charge in [0, 0.05) is 10.8 Å². The van der Waals surface area contributed by atoms with Crippen LogP contribution in [-0.2, 0) is 0 Å². The molecular formula is C3H8OS3. The molecule has 0 radical (unpaired) electrons. The van der Waals surface area contributed by atoms with Gasteiger partial charge in [-0.2, -0.15) is 0 Å². The molecule has 0 aromatic heterocycles. The van der Waals surface area contributed by atoms with Crippen LogP contribution in [0, 0.1) is 0 Å². The summed E-state index contributed by atoms with van der Waals surface area (Å²) in [7, 11) is 1.49. The van der Waals surface area contributed by atoms with Crippen molar-refractivity contribution in [1.82, 2.24) is 0 Å². The van der Waals surface area contributed by atoms with Gasteiger partial charge in [-0.3, -0.25) is 0 Å². The Labute approximate surface area is 57.1 Å². The highest BCUT2D eigenvalue weighted by Gasteiger charge is 1.81. The van der Waals surface area contributed by atoms with E-state index in [1.54, 1.807) is 11.8 Å². The number of thioether (sulfide) groups is 1. The highest BCUT2D eigenvalue weighted by atomic mass is 33.1. The van der Waals surface area contributed by atoms with Crippen LogP contribution in [0.15, 0.2) is 0 Å². The van der Waals surface area contributed by atoms with Crippen LogP contribution in [0.4, 0.5) is 0 Å². The quantitative estimate of drug-likeness (QED) is 0.277. The molecule has 0 saturated heterocycles. The Bertz CT molecular complexity index is 29.4. The van der Waals surface area contributed by atoms with Crippen molar-refractivity contribution in [2.45, 2.75) is 0 Å². The van der Waals surface area contributed by atoms with E-state index < -0.39 is 0 Å². The number of hydrogen-bond donors (Lipinski definition) is 2. The number of thiol groups is 1. The molecule has 0 bridgehead atoms. The Kier molecular flexibility index (Phi) is 8.02. The summed E-state index contributed by atoms with van der Waals surface area (Å²) in [4.78, 5) is 0. The van der Waals surface area contributed by atoms with Crippen LogP contribution in [-0.4, -0.2) is 22.6 Å². The summed E-state index contributed by atoms with van der Waals surface area (Å²) in [6.45, 7) is 0.277. The first-order chi connectivity index (χ1) is 3.41. The van der Waals surface area contributed by atoms with E-state index in [0.29, 0.717) is 0 Å². The molecule has 1 nitrogen and oxygen atoms in total. The molecule has 0 rings (SSSR count). The fraction of sp³-hybridized carbons (Fsp3) is 1.00. The molecule has 0 atom stereocenters. The summed E-state index contributed by atoms with van der Waals surface area (Å²) in [6.07, 6.45) is 0. The van der Waals surface area contributed by atoms with Crippen molar-refractivity contribution in [2.24, 2.45) is 0 Å². The molecule has 0 aromatic carbocycles. The zero-order valence-electron chi connectivity index (χ0n) is 3.83. The van der Waals surface area contributed by atoms with Crippen LogP contribution in [0.1, 0.15) is 0 Å². The maximum Gasteiger partial charge on any atom is 0.0522 e. The second-order valence-electron chi connectivity index (χ2n) is 0.879. The average Bonchev–Trinajstić information content (AvgIpc) is 1.69. The van der Waals surface area contributed by atoms with Crippen molar-refractivity contribution in [2.75, 3.05) is 17.4 Å². The minimum absolute atomic E-state index is 0.277. The molecule has 0 aliphatic carbocycles. The largest absolute Gasteiger partial charge is 0.396 e. The van der Waals surface area contributed by atoms with Gasteiger partial charge in [0.2, 0.25) is 0 Å². The Morgan fingerprint density at radius 3 is 2.71 bits per heavy atom. The third-order valence-electron chi connectivity index (χ3n) is 0.372. The summed E-state index contributed by atoms with van der Waals surface area (Å²) >= 11 is 5.60. The van der Waals surface area contributed by atoms with Gasteiger partial charge in [0.25, 0.3) is 0 Å². The second-order valence-corrected chi connectivity index (χ2v) is 3.67. The molecule has 0 aliphatic heterocycles. The lowest BCUT2D eigenvalue weighted by Gasteiger charge is -1.90. The van der Waals surface area contributed by atoms with E-state index in [-0.39, 0.29) is 6.61 Å². The van der Waals surface area contributed by atoms with E-state index in [2.05, 4.69) is 11.7 Å². The van der Waals surface area contributed by atoms with Gasteiger partial charge in [-0.05, 0) is 0 Å². The smallest absolute Gasteiger partial charge is 0.0522 e. The summed E-state index contributed by atoms with van der Waals surface area (Å²) in [6, 6.07) is 0. The van der Waals surface area contributed by atoms with Gasteiger partial charge in [-0.25, -0.2) is 0 Å². The van der Waals surface area contributed by atoms with E-state index in [9.17, 15) is 0 Å². The van der Waals surface area contributed by atoms with Crippen LogP contribution in [0.5, 0.6) is 0 Å². The molecule has 0 unspecified atom stereocenters. The van der Waals surface area contributed by atoms with Gasteiger partial charge in [0.15, 0.2) is 0 Å². The minimum atomic E-state index is 0.277. The minimum Gasteiger partial charge on any atom is -0.396 e. The number of aliphatic hydroxyl groups is 1. The lowest BCUT2D eigenvalue weighted by atomic mass is 10.9. The van der Waals surface area contributed by atoms with Gasteiger partial charge < -0.3 is 5.11 Å². The van der Waals surface area contributed by atoms with Gasteiger partial charge in [-0.15, -0.1) is 23.4 Å². The Hall–Kier alpha value is 1.01. The standard InChI is InChI=1S/C3H8OS3/c4-1-2-6-3-7-5/h4-5H,1-3H2. The summed E-state index contributed by atoms with van der Waals surface area (Å²) in [5.74, 6) is 0.827. The van der Waals surface area contributed by atoms with Crippen LogP contribution in [0.3, 0.4) is 0 Å². The number of rotatable bonds is 4. The first kappa shape index (κ1) is 8.01. The summed E-state index contributed by atoms with van der Waals surface area (Å²) < 4.78 is 0. The maximum absolute atomic E-state index is 8.24. The average molecular weight is 156 g/mol. The van der Waals surface area contributed by atoms with Crippen molar-refractivity contribution in [3.63, 3.8) is 0 Å². The van der Waals surface area contributed by atoms with E-state index in [0.717, 1.165) is 10.8 Å². The zero-order valence-corrected chi connectivity index (χ0v) is 6.36. The predicted molar refractivity (Wildman–Crippen MR) is 41.0 cm³/mol. The molecule has 0 heterocycles. The van der Waals surface area contributed by atoms with Crippen molar-refractivity contribution < 1.29 is 5.11 Å². The third kappa shape index (κ3) is 7.01. The summed E-state index contributed by atoms with van der Waals surface area (Å²) in [5.41, 5.74) is 0. The van der Waals surface area contributed by atoms with Crippen LogP contribution in [0.2, 0.25) is 0 Å². The molecular weight excluding hydrogens is 148 g/mol. The Morgan fingerprint density at radius 1 is 1.57 bits per heavy atom. The molecule has 7 heavy (non-hydrogen) atoms. The molecule has 0 saturated carbocycles. The Balaban J connectivity index is 2.45. The molecule has 0 aliphatic rings. The highest BCUT2D eigenvalue weighted by molar-refractivity contribution is 8.70. The lowest BCUT2D eigenvalue weighted by molar-refractivity contribution is 0.322. The zero-order chi connectivity index (χ0) is 5.54. The topological polar surface area (TPSA) is 20.2 Å². The first-order valence-corrected chi connectivity index (χ1v) is 5.06. The van der Waals surface area contributed by atoms with E-state index in [1.807, 2.05) is 0 Å². The van der Waals surface area contributed by atoms with Gasteiger partial charge in [0.05, 0.1) is 6.61 Å². The molecule has 4 heteroatoms. The number of hydrogen-bond acceptors (Lipinski definition) is 4. The molecule has 0 aromatic rings. The van der Waals surface area contributed by atoms with E-state index in [4.69, 9.17) is 5.11 Å². The maximum atomic E-state index is 8.24. The molecule has 0 fully saturated rings. The fourth-order valence-electron chi connectivity index (χ4n) is 0.161. The monoisotopic (exact) mass is 156 g/mol. The van der Waals surface area contributed by atoms with Gasteiger partial charge in [0.1, 0.15) is 0 Å². The Morgan fingerprint density at radius 2 is 2.29 bits per heavy atom. The van der Waals surface area contributed by atoms with Crippen LogP contribution >= 0.6 is 34.2 Å². The van der Waals surface area contributed by atoms with E-state index in [1.165, 1.54) is 10.8 Å². The van der Waals surface area contributed by atoms with Crippen molar-refractivity contribution >= 4 is 34.2 Å². The SMILES string of the molecule is OCCSCSS. The van der Waals surface area contributed by atoms with Crippen molar-refractivity contribution in [3.8, 4) is 0 Å². The number of aliphatic hydroxyl groups excluding tert-OH is 1. The molecule has 0 amide bonds. The first-order valence-electron chi connectivity index (χ1n) is 1.86. The van der Waals surface area contributed by atoms with Crippen LogP contribution < -0.4 is 0 Å². The van der Waals surface area contributed by atoms with Gasteiger partial charge in [-0.1, -0.05) is 10.8 Å². The van der Waals surface area contributed by atoms with E-state index >= 15 is 0 Å². The molecule has 44 valence electrons. The molecule has 1 N–H and O–H groups in total. The van der Waals surface area contributed by atoms with Gasteiger partial charge >= 0.3 is 0 Å². The molecule has 0 spiro atoms. The highest BCUT2D eigenvalue weighted by Crippen LogP contribution is 2.13. The van der Waals surface area contributed by atoms with Crippen LogP contribution in [0.25, 0.3) is 0 Å². The normalized spacial score (nSPS) is 9.43. The lowest BCUT2D eigenvalue weighted by Crippen LogP contribution is -1.84. The predicted octanol–water partition coefficient (Wildman–Crippen LogP) is 1.25. The van der Waals surface area contributed by atoms with Crippen molar-refractivity contribution in [3.05, 3.63) is 0 Å². The third-order valence-corrected chi connectivity index (χ3v) is 2.88.